The topological polar surface area (TPSA) is 93.5 Å². The van der Waals surface area contributed by atoms with Gasteiger partial charge in [-0.1, -0.05) is 35.9 Å². The van der Waals surface area contributed by atoms with Crippen molar-refractivity contribution in [2.45, 2.75) is 39.0 Å². The minimum Gasteiger partial charge on any atom is -0.494 e. The molecule has 1 fully saturated rings. The van der Waals surface area contributed by atoms with Crippen molar-refractivity contribution in [1.82, 2.24) is 14.4 Å². The van der Waals surface area contributed by atoms with Crippen molar-refractivity contribution in [3.8, 4) is 11.5 Å². The zero-order valence-corrected chi connectivity index (χ0v) is 24.3. The molecule has 0 bridgehead atoms. The molecule has 1 saturated heterocycles. The molecule has 1 atom stereocenters. The first-order chi connectivity index (χ1) is 19.7. The second kappa shape index (κ2) is 14.3. The molecule has 9 heteroatoms. The summed E-state index contributed by atoms with van der Waals surface area (Å²) in [6, 6.07) is 19.0. The number of hydrogen-bond acceptors (Lipinski definition) is 7. The van der Waals surface area contributed by atoms with Crippen molar-refractivity contribution in [1.29, 1.82) is 0 Å². The third-order valence-electron chi connectivity index (χ3n) is 7.11. The fourth-order valence-electron chi connectivity index (χ4n) is 4.95. The van der Waals surface area contributed by atoms with Crippen LogP contribution < -0.4 is 15.0 Å². The summed E-state index contributed by atoms with van der Waals surface area (Å²) in [5.41, 5.74) is 1.99. The molecule has 220 valence electrons. The second-order valence-corrected chi connectivity index (χ2v) is 10.9. The molecule has 1 amide bonds. The average molecular weight is 564 g/mol. The van der Waals surface area contributed by atoms with Crippen LogP contribution in [0.3, 0.4) is 0 Å². The molecule has 0 unspecified atom stereocenters. The summed E-state index contributed by atoms with van der Waals surface area (Å²) in [6.07, 6.45) is 2.59. The Morgan fingerprint density at radius 3 is 2.32 bits per heavy atom. The van der Waals surface area contributed by atoms with E-state index >= 15 is 0 Å². The Bertz CT molecular complexity index is 1320. The Hall–Kier alpha value is -3.66. The van der Waals surface area contributed by atoms with Crippen molar-refractivity contribution in [3.05, 3.63) is 93.9 Å². The maximum atomic E-state index is 12.7. The van der Waals surface area contributed by atoms with Gasteiger partial charge >= 0.3 is 0 Å². The zero-order chi connectivity index (χ0) is 29.2. The third-order valence-corrected chi connectivity index (χ3v) is 7.11. The zero-order valence-electron chi connectivity index (χ0n) is 24.3. The van der Waals surface area contributed by atoms with Crippen LogP contribution in [0.4, 0.5) is 0 Å². The van der Waals surface area contributed by atoms with Gasteiger partial charge in [-0.25, -0.2) is 0 Å². The number of carbonyl (C=O) groups excluding carboxylic acids is 1. The summed E-state index contributed by atoms with van der Waals surface area (Å²) < 4.78 is 18.6. The quantitative estimate of drug-likeness (QED) is 0.339. The van der Waals surface area contributed by atoms with Gasteiger partial charge in [0.05, 0.1) is 13.2 Å². The fraction of sp³-hybridized carbons (Fsp3) is 0.438. The molecule has 41 heavy (non-hydrogen) atoms. The largest absolute Gasteiger partial charge is 0.494 e. The number of carbonyl (C=O) groups is 1. The normalized spacial score (nSPS) is 17.7. The Morgan fingerprint density at radius 1 is 0.902 bits per heavy atom. The van der Waals surface area contributed by atoms with Crippen molar-refractivity contribution in [2.24, 2.45) is 0 Å². The molecule has 1 aliphatic heterocycles. The van der Waals surface area contributed by atoms with Gasteiger partial charge in [0.1, 0.15) is 30.3 Å². The van der Waals surface area contributed by atoms with E-state index < -0.39 is 5.60 Å². The minimum atomic E-state index is -1.26. The summed E-state index contributed by atoms with van der Waals surface area (Å²) >= 11 is 0. The number of nitrogens with zero attached hydrogens (tertiary/aromatic N) is 3. The molecule has 9 nitrogen and oxygen atoms in total. The molecule has 4 rings (SSSR count). The van der Waals surface area contributed by atoms with Gasteiger partial charge in [0.2, 0.25) is 5.91 Å². The van der Waals surface area contributed by atoms with Gasteiger partial charge in [0, 0.05) is 52.1 Å². The number of β-amino-alcohol motifs (C(OH)–C–C–N with tert-alkyl or cyclic N) is 1. The SMILES string of the molecule is COCC(=O)N1CCN(Cc2ccc(OCCCn3cc(C)ccc3=O)cc2)C[C@@](O)(COc2ccc(C)cc2)C1. The number of aryl methyl sites for hydroxylation is 3. The van der Waals surface area contributed by atoms with Gasteiger partial charge in [0.25, 0.3) is 5.56 Å². The van der Waals surface area contributed by atoms with E-state index in [9.17, 15) is 14.7 Å². The predicted molar refractivity (Wildman–Crippen MR) is 157 cm³/mol. The van der Waals surface area contributed by atoms with Crippen LogP contribution in [0.1, 0.15) is 23.1 Å². The van der Waals surface area contributed by atoms with Gasteiger partial charge in [-0.15, -0.1) is 0 Å². The van der Waals surface area contributed by atoms with Crippen LogP contribution in [0.15, 0.2) is 71.7 Å². The van der Waals surface area contributed by atoms with E-state index in [2.05, 4.69) is 4.90 Å². The maximum absolute atomic E-state index is 12.7. The van der Waals surface area contributed by atoms with Gasteiger partial charge < -0.3 is 28.8 Å². The Kier molecular flexibility index (Phi) is 10.6. The van der Waals surface area contributed by atoms with Crippen LogP contribution in [0.5, 0.6) is 11.5 Å². The van der Waals surface area contributed by atoms with Crippen molar-refractivity contribution in [2.75, 3.05) is 53.1 Å². The number of pyridine rings is 1. The van der Waals surface area contributed by atoms with E-state index in [1.54, 1.807) is 15.5 Å². The molecule has 0 spiro atoms. The highest BCUT2D eigenvalue weighted by molar-refractivity contribution is 5.77. The number of rotatable bonds is 12. The van der Waals surface area contributed by atoms with E-state index in [0.29, 0.717) is 45.1 Å². The number of benzene rings is 2. The molecule has 0 radical (unpaired) electrons. The summed E-state index contributed by atoms with van der Waals surface area (Å²) in [5.74, 6) is 1.29. The average Bonchev–Trinajstić information content (AvgIpc) is 3.12. The standard InChI is InChI=1S/C32H41N3O6/c1-25-5-10-29(11-6-25)41-24-32(38)22-33(16-17-35(23-32)31(37)21-39-3)20-27-8-12-28(13-9-27)40-18-4-15-34-19-26(2)7-14-30(34)36/h5-14,19,38H,4,15-18,20-24H2,1-3H3/t32-/m0/s1. The van der Waals surface area contributed by atoms with Crippen molar-refractivity contribution < 1.29 is 24.1 Å². The number of ether oxygens (including phenoxy) is 3. The molecule has 2 heterocycles. The van der Waals surface area contributed by atoms with Gasteiger partial charge in [0.15, 0.2) is 0 Å². The highest BCUT2D eigenvalue weighted by Crippen LogP contribution is 2.21. The lowest BCUT2D eigenvalue weighted by Gasteiger charge is -2.33. The lowest BCUT2D eigenvalue weighted by atomic mass is 10.0. The lowest BCUT2D eigenvalue weighted by Crippen LogP contribution is -2.52. The highest BCUT2D eigenvalue weighted by Gasteiger charge is 2.37. The van der Waals surface area contributed by atoms with Crippen LogP contribution in [0.25, 0.3) is 0 Å². The van der Waals surface area contributed by atoms with E-state index in [4.69, 9.17) is 14.2 Å². The fourth-order valence-corrected chi connectivity index (χ4v) is 4.95. The summed E-state index contributed by atoms with van der Waals surface area (Å²) in [5, 5.41) is 11.6. The molecule has 0 aliphatic carbocycles. The van der Waals surface area contributed by atoms with Gasteiger partial charge in [-0.05, 0) is 55.7 Å². The van der Waals surface area contributed by atoms with E-state index in [0.717, 1.165) is 28.9 Å². The van der Waals surface area contributed by atoms with Crippen LogP contribution in [0, 0.1) is 13.8 Å². The summed E-state index contributed by atoms with van der Waals surface area (Å²) in [6.45, 7) is 7.34. The number of amides is 1. The van der Waals surface area contributed by atoms with E-state index in [-0.39, 0.29) is 31.2 Å². The van der Waals surface area contributed by atoms with Gasteiger partial charge in [-0.2, -0.15) is 0 Å². The monoisotopic (exact) mass is 563 g/mol. The predicted octanol–water partition coefficient (Wildman–Crippen LogP) is 3.03. The molecule has 0 saturated carbocycles. The number of hydrogen-bond donors (Lipinski definition) is 1. The lowest BCUT2D eigenvalue weighted by molar-refractivity contribution is -0.138. The molecule has 3 aromatic rings. The first-order valence-corrected chi connectivity index (χ1v) is 14.0. The van der Waals surface area contributed by atoms with E-state index in [1.807, 2.05) is 74.6 Å². The summed E-state index contributed by atoms with van der Waals surface area (Å²) in [7, 11) is 1.49. The van der Waals surface area contributed by atoms with Gasteiger partial charge in [-0.3, -0.25) is 14.5 Å². The Labute approximate surface area is 241 Å². The number of methoxy groups -OCH3 is 1. The Morgan fingerprint density at radius 2 is 1.59 bits per heavy atom. The smallest absolute Gasteiger partial charge is 0.250 e. The second-order valence-electron chi connectivity index (χ2n) is 10.9. The highest BCUT2D eigenvalue weighted by atomic mass is 16.5. The molecular formula is C32H41N3O6. The number of aliphatic hydroxyl groups is 1. The first kappa shape index (κ1) is 30.3. The minimum absolute atomic E-state index is 0.00624. The number of aromatic nitrogens is 1. The van der Waals surface area contributed by atoms with Crippen LogP contribution in [0.2, 0.25) is 0 Å². The molecule has 2 aromatic carbocycles. The van der Waals surface area contributed by atoms with Crippen molar-refractivity contribution in [3.63, 3.8) is 0 Å². The maximum Gasteiger partial charge on any atom is 0.250 e. The molecule has 1 aliphatic rings. The summed E-state index contributed by atoms with van der Waals surface area (Å²) in [4.78, 5) is 28.4. The van der Waals surface area contributed by atoms with Crippen LogP contribution in [-0.4, -0.2) is 84.1 Å². The van der Waals surface area contributed by atoms with E-state index in [1.165, 1.54) is 7.11 Å². The van der Waals surface area contributed by atoms with Crippen LogP contribution >= 0.6 is 0 Å². The molecule has 1 N–H and O–H groups in total. The van der Waals surface area contributed by atoms with Crippen molar-refractivity contribution >= 4 is 5.91 Å². The third kappa shape index (κ3) is 9.18. The molecule has 1 aromatic heterocycles. The molecular weight excluding hydrogens is 522 g/mol. The Balaban J connectivity index is 1.34. The van der Waals surface area contributed by atoms with Crippen LogP contribution in [-0.2, 0) is 22.6 Å². The first-order valence-electron chi connectivity index (χ1n) is 14.0.